The van der Waals surface area contributed by atoms with Crippen molar-refractivity contribution in [2.75, 3.05) is 5.75 Å². The van der Waals surface area contributed by atoms with Gasteiger partial charge in [-0.1, -0.05) is 18.9 Å². The summed E-state index contributed by atoms with van der Waals surface area (Å²) in [5.74, 6) is 2.62. The fourth-order valence-corrected chi connectivity index (χ4v) is 5.16. The van der Waals surface area contributed by atoms with Gasteiger partial charge in [0.1, 0.15) is 0 Å². The number of hydrogen-bond acceptors (Lipinski definition) is 3. The number of Topliss-reactive ketones (excluding diaryl/α,β-unsaturated/α-hetero) is 1. The lowest BCUT2D eigenvalue weighted by atomic mass is 9.96. The number of thioether (sulfide) groups is 1. The van der Waals surface area contributed by atoms with Gasteiger partial charge in [-0.15, -0.1) is 11.3 Å². The highest BCUT2D eigenvalue weighted by Gasteiger charge is 2.20. The van der Waals surface area contributed by atoms with Crippen LogP contribution in [0.25, 0.3) is 0 Å². The SMILES string of the molecule is O=C(C1=CCCCCCC1)c1cc2c(s1)CCSC2. The molecule has 102 valence electrons. The summed E-state index contributed by atoms with van der Waals surface area (Å²) in [6.45, 7) is 0. The Morgan fingerprint density at radius 2 is 2.00 bits per heavy atom. The predicted molar refractivity (Wildman–Crippen MR) is 84.3 cm³/mol. The molecule has 0 aromatic carbocycles. The smallest absolute Gasteiger partial charge is 0.198 e. The molecule has 0 unspecified atom stereocenters. The van der Waals surface area contributed by atoms with E-state index in [1.165, 1.54) is 41.9 Å². The van der Waals surface area contributed by atoms with Gasteiger partial charge in [0, 0.05) is 10.6 Å². The summed E-state index contributed by atoms with van der Waals surface area (Å²) in [5.41, 5.74) is 2.49. The second-order valence-electron chi connectivity index (χ2n) is 5.37. The zero-order valence-electron chi connectivity index (χ0n) is 11.2. The Balaban J connectivity index is 1.80. The topological polar surface area (TPSA) is 17.1 Å². The Bertz CT molecular complexity index is 475. The molecule has 1 aromatic rings. The molecule has 0 saturated heterocycles. The quantitative estimate of drug-likeness (QED) is 0.713. The fourth-order valence-electron chi connectivity index (χ4n) is 2.82. The summed E-state index contributed by atoms with van der Waals surface area (Å²) in [5, 5.41) is 0. The van der Waals surface area contributed by atoms with Crippen LogP contribution in [0.1, 0.15) is 58.6 Å². The van der Waals surface area contributed by atoms with Gasteiger partial charge in [0.25, 0.3) is 0 Å². The van der Waals surface area contributed by atoms with Gasteiger partial charge < -0.3 is 0 Å². The summed E-state index contributed by atoms with van der Waals surface area (Å²) in [6.07, 6.45) is 10.4. The first-order valence-electron chi connectivity index (χ1n) is 7.27. The number of ketones is 1. The normalized spacial score (nSPS) is 20.1. The highest BCUT2D eigenvalue weighted by Crippen LogP contribution is 2.33. The van der Waals surface area contributed by atoms with Crippen molar-refractivity contribution in [2.24, 2.45) is 0 Å². The van der Waals surface area contributed by atoms with Crippen LogP contribution in [0.3, 0.4) is 0 Å². The number of aryl methyl sites for hydroxylation is 1. The second-order valence-corrected chi connectivity index (χ2v) is 7.61. The van der Waals surface area contributed by atoms with Gasteiger partial charge in [-0.05, 0) is 55.1 Å². The van der Waals surface area contributed by atoms with Crippen molar-refractivity contribution >= 4 is 28.9 Å². The van der Waals surface area contributed by atoms with E-state index in [2.05, 4.69) is 12.1 Å². The minimum atomic E-state index is 0.311. The zero-order chi connectivity index (χ0) is 13.1. The molecule has 1 nitrogen and oxygen atoms in total. The van der Waals surface area contributed by atoms with Crippen LogP contribution in [0.5, 0.6) is 0 Å². The van der Waals surface area contributed by atoms with E-state index in [1.807, 2.05) is 11.8 Å². The third-order valence-electron chi connectivity index (χ3n) is 3.93. The molecular formula is C16H20OS2. The van der Waals surface area contributed by atoms with Crippen molar-refractivity contribution in [2.45, 2.75) is 50.7 Å². The van der Waals surface area contributed by atoms with Gasteiger partial charge >= 0.3 is 0 Å². The van der Waals surface area contributed by atoms with Crippen LogP contribution in [-0.2, 0) is 12.2 Å². The van der Waals surface area contributed by atoms with Crippen LogP contribution in [0.15, 0.2) is 17.7 Å². The minimum absolute atomic E-state index is 0.311. The average Bonchev–Trinajstić information content (AvgIpc) is 2.81. The third-order valence-corrected chi connectivity index (χ3v) is 6.18. The van der Waals surface area contributed by atoms with Gasteiger partial charge in [0.15, 0.2) is 5.78 Å². The highest BCUT2D eigenvalue weighted by atomic mass is 32.2. The van der Waals surface area contributed by atoms with E-state index < -0.39 is 0 Å². The maximum atomic E-state index is 12.6. The third kappa shape index (κ3) is 3.14. The van der Waals surface area contributed by atoms with Crippen LogP contribution < -0.4 is 0 Å². The van der Waals surface area contributed by atoms with Crippen LogP contribution in [0.2, 0.25) is 0 Å². The van der Waals surface area contributed by atoms with Crippen LogP contribution >= 0.6 is 23.1 Å². The molecule has 19 heavy (non-hydrogen) atoms. The molecule has 1 aromatic heterocycles. The van der Waals surface area contributed by atoms with Gasteiger partial charge in [0.2, 0.25) is 0 Å². The molecule has 1 aliphatic heterocycles. The molecule has 0 atom stereocenters. The first-order valence-corrected chi connectivity index (χ1v) is 9.25. The molecule has 2 aliphatic rings. The van der Waals surface area contributed by atoms with Gasteiger partial charge in [0.05, 0.1) is 4.88 Å². The number of fused-ring (bicyclic) bond motifs is 1. The summed E-state index contributed by atoms with van der Waals surface area (Å²) in [7, 11) is 0. The largest absolute Gasteiger partial charge is 0.288 e. The zero-order valence-corrected chi connectivity index (χ0v) is 12.9. The predicted octanol–water partition coefficient (Wildman–Crippen LogP) is 5.00. The van der Waals surface area contributed by atoms with Crippen molar-refractivity contribution in [3.05, 3.63) is 33.0 Å². The molecule has 0 radical (unpaired) electrons. The van der Waals surface area contributed by atoms with Gasteiger partial charge in [-0.3, -0.25) is 4.79 Å². The maximum absolute atomic E-state index is 12.6. The molecule has 3 rings (SSSR count). The number of hydrogen-bond donors (Lipinski definition) is 0. The van der Waals surface area contributed by atoms with E-state index >= 15 is 0 Å². The molecule has 2 heterocycles. The fraction of sp³-hybridized carbons (Fsp3) is 0.562. The van der Waals surface area contributed by atoms with E-state index in [0.29, 0.717) is 5.78 Å². The Kier molecular flexibility index (Phi) is 4.44. The van der Waals surface area contributed by atoms with Crippen molar-refractivity contribution in [1.29, 1.82) is 0 Å². The summed E-state index contributed by atoms with van der Waals surface area (Å²) >= 11 is 3.73. The van der Waals surface area contributed by atoms with Crippen LogP contribution in [0.4, 0.5) is 0 Å². The van der Waals surface area contributed by atoms with Crippen molar-refractivity contribution in [3.8, 4) is 0 Å². The Morgan fingerprint density at radius 1 is 1.11 bits per heavy atom. The number of allylic oxidation sites excluding steroid dienone is 2. The lowest BCUT2D eigenvalue weighted by molar-refractivity contribution is 0.103. The molecule has 0 spiro atoms. The van der Waals surface area contributed by atoms with Gasteiger partial charge in [-0.2, -0.15) is 11.8 Å². The Labute approximate surface area is 123 Å². The number of thiophene rings is 1. The van der Waals surface area contributed by atoms with Crippen LogP contribution in [-0.4, -0.2) is 11.5 Å². The second kappa shape index (κ2) is 6.27. The molecule has 0 bridgehead atoms. The summed E-state index contributed by atoms with van der Waals surface area (Å²) in [4.78, 5) is 15.1. The van der Waals surface area contributed by atoms with Crippen molar-refractivity contribution in [1.82, 2.24) is 0 Å². The van der Waals surface area contributed by atoms with Gasteiger partial charge in [-0.25, -0.2) is 0 Å². The maximum Gasteiger partial charge on any atom is 0.198 e. The molecule has 0 fully saturated rings. The molecule has 0 N–H and O–H groups in total. The first kappa shape index (κ1) is 13.4. The standard InChI is InChI=1S/C16H20OS2/c17-16(12-6-4-2-1-3-5-7-12)15-10-13-11-18-9-8-14(13)19-15/h6,10H,1-5,7-9,11H2. The Hall–Kier alpha value is -0.540. The highest BCUT2D eigenvalue weighted by molar-refractivity contribution is 7.98. The van der Waals surface area contributed by atoms with E-state index in [9.17, 15) is 4.79 Å². The minimum Gasteiger partial charge on any atom is -0.288 e. The van der Waals surface area contributed by atoms with E-state index in [1.54, 1.807) is 11.3 Å². The molecule has 0 saturated carbocycles. The van der Waals surface area contributed by atoms with Crippen LogP contribution in [0, 0.1) is 0 Å². The molecule has 1 aliphatic carbocycles. The number of rotatable bonds is 2. The van der Waals surface area contributed by atoms with E-state index in [4.69, 9.17) is 0 Å². The van der Waals surface area contributed by atoms with E-state index in [0.717, 1.165) is 35.5 Å². The monoisotopic (exact) mass is 292 g/mol. The number of carbonyl (C=O) groups is 1. The van der Waals surface area contributed by atoms with E-state index in [-0.39, 0.29) is 0 Å². The first-order chi connectivity index (χ1) is 9.34. The van der Waals surface area contributed by atoms with Crippen molar-refractivity contribution in [3.63, 3.8) is 0 Å². The lowest BCUT2D eigenvalue weighted by Crippen LogP contribution is -2.03. The molecular weight excluding hydrogens is 272 g/mol. The molecule has 3 heteroatoms. The van der Waals surface area contributed by atoms with Crippen molar-refractivity contribution < 1.29 is 4.79 Å². The number of carbonyl (C=O) groups excluding carboxylic acids is 1. The lowest BCUT2D eigenvalue weighted by Gasteiger charge is -2.09. The Morgan fingerprint density at radius 3 is 2.89 bits per heavy atom. The summed E-state index contributed by atoms with van der Waals surface area (Å²) in [6, 6.07) is 2.16. The average molecular weight is 292 g/mol. The molecule has 0 amide bonds. The summed E-state index contributed by atoms with van der Waals surface area (Å²) < 4.78 is 0.